The number of nitrogens with two attached hydrogens (primary N) is 1. The summed E-state index contributed by atoms with van der Waals surface area (Å²) < 4.78 is 0. The number of carbonyl (C=O) groups excluding carboxylic acids is 1. The van der Waals surface area contributed by atoms with E-state index in [1.807, 2.05) is 5.38 Å². The molecule has 1 fully saturated rings. The summed E-state index contributed by atoms with van der Waals surface area (Å²) in [6.45, 7) is 0.910. The molecule has 1 aliphatic heterocycles. The fourth-order valence-corrected chi connectivity index (χ4v) is 2.64. The van der Waals surface area contributed by atoms with E-state index in [0.717, 1.165) is 18.5 Å². The second-order valence-corrected chi connectivity index (χ2v) is 5.25. The highest BCUT2D eigenvalue weighted by Gasteiger charge is 2.33. The number of aliphatic carboxylic acids is 1. The zero-order valence-electron chi connectivity index (χ0n) is 9.83. The van der Waals surface area contributed by atoms with E-state index in [9.17, 15) is 9.59 Å². The minimum atomic E-state index is -0.891. The van der Waals surface area contributed by atoms with Gasteiger partial charge >= 0.3 is 5.97 Å². The summed E-state index contributed by atoms with van der Waals surface area (Å²) >= 11 is 1.40. The molecule has 0 bridgehead atoms. The molecule has 1 aromatic heterocycles. The largest absolute Gasteiger partial charge is 0.481 e. The van der Waals surface area contributed by atoms with Gasteiger partial charge in [-0.15, -0.1) is 11.3 Å². The van der Waals surface area contributed by atoms with E-state index >= 15 is 0 Å². The number of carbonyl (C=O) groups is 2. The van der Waals surface area contributed by atoms with Crippen molar-refractivity contribution in [2.24, 2.45) is 5.92 Å². The van der Waals surface area contributed by atoms with Crippen LogP contribution in [0, 0.1) is 5.92 Å². The lowest BCUT2D eigenvalue weighted by atomic mass is 10.1. The lowest BCUT2D eigenvalue weighted by Gasteiger charge is -2.15. The van der Waals surface area contributed by atoms with Gasteiger partial charge in [-0.25, -0.2) is 4.98 Å². The predicted octanol–water partition coefficient (Wildman–Crippen LogP) is 0.591. The second kappa shape index (κ2) is 5.34. The molecule has 0 unspecified atom stereocenters. The van der Waals surface area contributed by atoms with Crippen molar-refractivity contribution in [3.05, 3.63) is 11.1 Å². The number of carboxylic acids is 1. The molecule has 1 aliphatic rings. The second-order valence-electron chi connectivity index (χ2n) is 4.36. The first kappa shape index (κ1) is 12.8. The summed E-state index contributed by atoms with van der Waals surface area (Å²) in [5.74, 6) is -1.51. The van der Waals surface area contributed by atoms with E-state index in [-0.39, 0.29) is 12.3 Å². The minimum Gasteiger partial charge on any atom is -0.481 e. The lowest BCUT2D eigenvalue weighted by Crippen LogP contribution is -2.27. The average Bonchev–Trinajstić information content (AvgIpc) is 2.87. The van der Waals surface area contributed by atoms with Crippen molar-refractivity contribution in [2.75, 3.05) is 18.8 Å². The van der Waals surface area contributed by atoms with Gasteiger partial charge in [-0.05, 0) is 12.8 Å². The molecule has 2 rings (SSSR count). The van der Waals surface area contributed by atoms with Crippen molar-refractivity contribution in [1.82, 2.24) is 9.88 Å². The standard InChI is InChI=1S/C11H15N3O3S/c12-11-13-8(6-18-11)2-1-3-14-5-7(10(16)17)4-9(14)15/h6-7H,1-5H2,(H2,12,13)(H,16,17)/t7-/m1/s1. The summed E-state index contributed by atoms with van der Waals surface area (Å²) in [6.07, 6.45) is 1.66. The van der Waals surface area contributed by atoms with E-state index < -0.39 is 11.9 Å². The molecule has 1 saturated heterocycles. The summed E-state index contributed by atoms with van der Waals surface area (Å²) in [7, 11) is 0. The van der Waals surface area contributed by atoms with Crippen molar-refractivity contribution in [3.8, 4) is 0 Å². The Morgan fingerprint density at radius 1 is 1.67 bits per heavy atom. The van der Waals surface area contributed by atoms with E-state index in [2.05, 4.69) is 4.98 Å². The van der Waals surface area contributed by atoms with Crippen molar-refractivity contribution in [1.29, 1.82) is 0 Å². The molecule has 0 spiro atoms. The molecule has 3 N–H and O–H groups in total. The van der Waals surface area contributed by atoms with Gasteiger partial charge in [0.2, 0.25) is 5.91 Å². The number of hydrogen-bond acceptors (Lipinski definition) is 5. The summed E-state index contributed by atoms with van der Waals surface area (Å²) in [6, 6.07) is 0. The maximum Gasteiger partial charge on any atom is 0.308 e. The first-order chi connectivity index (χ1) is 8.56. The first-order valence-electron chi connectivity index (χ1n) is 5.76. The van der Waals surface area contributed by atoms with Gasteiger partial charge in [-0.3, -0.25) is 9.59 Å². The number of nitrogens with zero attached hydrogens (tertiary/aromatic N) is 2. The monoisotopic (exact) mass is 269 g/mol. The third kappa shape index (κ3) is 2.98. The van der Waals surface area contributed by atoms with Gasteiger partial charge in [0, 0.05) is 24.9 Å². The first-order valence-corrected chi connectivity index (χ1v) is 6.64. The maximum absolute atomic E-state index is 11.6. The van der Waals surface area contributed by atoms with Crippen LogP contribution >= 0.6 is 11.3 Å². The Balaban J connectivity index is 1.77. The molecule has 98 valence electrons. The van der Waals surface area contributed by atoms with E-state index in [0.29, 0.717) is 18.2 Å². The summed E-state index contributed by atoms with van der Waals surface area (Å²) in [4.78, 5) is 28.1. The average molecular weight is 269 g/mol. The maximum atomic E-state index is 11.6. The van der Waals surface area contributed by atoms with Crippen LogP contribution in [0.3, 0.4) is 0 Å². The molecule has 1 amide bonds. The predicted molar refractivity (Wildman–Crippen MR) is 67.2 cm³/mol. The van der Waals surface area contributed by atoms with Crippen LogP contribution < -0.4 is 5.73 Å². The zero-order chi connectivity index (χ0) is 13.1. The van der Waals surface area contributed by atoms with Crippen LogP contribution in [0.15, 0.2) is 5.38 Å². The molecule has 0 radical (unpaired) electrons. The van der Waals surface area contributed by atoms with E-state index in [1.165, 1.54) is 11.3 Å². The summed E-state index contributed by atoms with van der Waals surface area (Å²) in [5.41, 5.74) is 6.45. The molecular formula is C11H15N3O3S. The topological polar surface area (TPSA) is 96.5 Å². The Kier molecular flexibility index (Phi) is 3.81. The van der Waals surface area contributed by atoms with Crippen LogP contribution in [0.4, 0.5) is 5.13 Å². The lowest BCUT2D eigenvalue weighted by molar-refractivity contribution is -0.141. The molecule has 1 aromatic rings. The van der Waals surface area contributed by atoms with Gasteiger partial charge in [0.1, 0.15) is 0 Å². The molecule has 7 heteroatoms. The Morgan fingerprint density at radius 3 is 3.00 bits per heavy atom. The van der Waals surface area contributed by atoms with E-state index in [4.69, 9.17) is 10.8 Å². The quantitative estimate of drug-likeness (QED) is 0.815. The highest BCUT2D eigenvalue weighted by atomic mass is 32.1. The number of aryl methyl sites for hydroxylation is 1. The van der Waals surface area contributed by atoms with Crippen molar-refractivity contribution in [3.63, 3.8) is 0 Å². The van der Waals surface area contributed by atoms with Crippen molar-refractivity contribution < 1.29 is 14.7 Å². The Hall–Kier alpha value is -1.63. The SMILES string of the molecule is Nc1nc(CCCN2C[C@H](C(=O)O)CC2=O)cs1. The minimum absolute atomic E-state index is 0.0693. The molecule has 0 aromatic carbocycles. The smallest absolute Gasteiger partial charge is 0.308 e. The molecule has 6 nitrogen and oxygen atoms in total. The number of amides is 1. The van der Waals surface area contributed by atoms with Crippen LogP contribution in [0.2, 0.25) is 0 Å². The Labute approximate surface area is 108 Å². The normalized spacial score (nSPS) is 19.4. The number of rotatable bonds is 5. The van der Waals surface area contributed by atoms with Crippen LogP contribution in [-0.4, -0.2) is 40.0 Å². The van der Waals surface area contributed by atoms with Crippen LogP contribution in [-0.2, 0) is 16.0 Å². The van der Waals surface area contributed by atoms with Crippen molar-refractivity contribution in [2.45, 2.75) is 19.3 Å². The van der Waals surface area contributed by atoms with Gasteiger partial charge in [0.15, 0.2) is 5.13 Å². The fraction of sp³-hybridized carbons (Fsp3) is 0.545. The third-order valence-electron chi connectivity index (χ3n) is 2.99. The molecular weight excluding hydrogens is 254 g/mol. The molecule has 0 saturated carbocycles. The van der Waals surface area contributed by atoms with Gasteiger partial charge < -0.3 is 15.7 Å². The van der Waals surface area contributed by atoms with E-state index in [1.54, 1.807) is 4.90 Å². The molecule has 18 heavy (non-hydrogen) atoms. The third-order valence-corrected chi connectivity index (χ3v) is 3.72. The number of hydrogen-bond donors (Lipinski definition) is 2. The number of anilines is 1. The Morgan fingerprint density at radius 2 is 2.44 bits per heavy atom. The number of aromatic nitrogens is 1. The molecule has 1 atom stereocenters. The Bertz CT molecular complexity index is 460. The number of nitrogen functional groups attached to an aromatic ring is 1. The van der Waals surface area contributed by atoms with Crippen molar-refractivity contribution >= 4 is 28.3 Å². The number of likely N-dealkylation sites (tertiary alicyclic amines) is 1. The van der Waals surface area contributed by atoms with Gasteiger partial charge in [-0.1, -0.05) is 0 Å². The van der Waals surface area contributed by atoms with Gasteiger partial charge in [0.25, 0.3) is 0 Å². The van der Waals surface area contributed by atoms with Gasteiger partial charge in [-0.2, -0.15) is 0 Å². The number of thiazole rings is 1. The molecule has 2 heterocycles. The van der Waals surface area contributed by atoms with Gasteiger partial charge in [0.05, 0.1) is 11.6 Å². The summed E-state index contributed by atoms with van der Waals surface area (Å²) in [5, 5.41) is 11.3. The number of carboxylic acid groups (broad SMARTS) is 1. The van der Waals surface area contributed by atoms with Crippen LogP contribution in [0.1, 0.15) is 18.5 Å². The highest BCUT2D eigenvalue weighted by molar-refractivity contribution is 7.13. The fourth-order valence-electron chi connectivity index (χ4n) is 2.04. The van der Waals surface area contributed by atoms with Crippen LogP contribution in [0.5, 0.6) is 0 Å². The van der Waals surface area contributed by atoms with Crippen LogP contribution in [0.25, 0.3) is 0 Å². The zero-order valence-corrected chi connectivity index (χ0v) is 10.7. The highest BCUT2D eigenvalue weighted by Crippen LogP contribution is 2.19. The molecule has 0 aliphatic carbocycles.